The summed E-state index contributed by atoms with van der Waals surface area (Å²) in [5.41, 5.74) is 0. The Morgan fingerprint density at radius 3 is 1.91 bits per heavy atom. The van der Waals surface area contributed by atoms with Crippen molar-refractivity contribution < 1.29 is 52.5 Å². The molecule has 3 N–H and O–H groups in total. The van der Waals surface area contributed by atoms with Crippen LogP contribution in [0.2, 0.25) is 0 Å². The van der Waals surface area contributed by atoms with E-state index in [1.54, 1.807) is 0 Å². The fraction of sp³-hybridized carbons (Fsp3) is 0.762. The predicted molar refractivity (Wildman–Crippen MR) is 214 cm³/mol. The average molecular weight is 785 g/mol. The van der Waals surface area contributed by atoms with Crippen molar-refractivity contribution >= 4 is 19.8 Å². The fourth-order valence-corrected chi connectivity index (χ4v) is 6.39. The van der Waals surface area contributed by atoms with Crippen molar-refractivity contribution in [3.8, 4) is 0 Å². The van der Waals surface area contributed by atoms with E-state index in [-0.39, 0.29) is 19.4 Å². The molecule has 312 valence electrons. The summed E-state index contributed by atoms with van der Waals surface area (Å²) in [7, 11) is -4.63. The van der Waals surface area contributed by atoms with Crippen LogP contribution in [0.5, 0.6) is 0 Å². The zero-order valence-electron chi connectivity index (χ0n) is 33.4. The molecule has 0 spiro atoms. The smallest absolute Gasteiger partial charge is 0.462 e. The number of hydrogen-bond acceptors (Lipinski definition) is 10. The number of rotatable bonds is 37. The van der Waals surface area contributed by atoms with Crippen molar-refractivity contribution in [2.24, 2.45) is 0 Å². The molecule has 0 aromatic rings. The van der Waals surface area contributed by atoms with Crippen LogP contribution in [0.25, 0.3) is 0 Å². The van der Waals surface area contributed by atoms with Gasteiger partial charge in [-0.3, -0.25) is 18.6 Å². The minimum absolute atomic E-state index is 0.157. The molecule has 1 saturated heterocycles. The minimum Gasteiger partial charge on any atom is -0.462 e. The van der Waals surface area contributed by atoms with Crippen molar-refractivity contribution in [3.05, 3.63) is 48.6 Å². The monoisotopic (exact) mass is 784 g/mol. The molecule has 54 heavy (non-hydrogen) atoms. The maximum absolute atomic E-state index is 12.6. The highest BCUT2D eigenvalue weighted by Gasteiger charge is 2.36. The Labute approximate surface area is 326 Å². The van der Waals surface area contributed by atoms with Crippen LogP contribution in [0.1, 0.15) is 155 Å². The molecule has 1 aliphatic rings. The Balaban J connectivity index is 2.28. The van der Waals surface area contributed by atoms with E-state index in [9.17, 15) is 24.2 Å². The summed E-state index contributed by atoms with van der Waals surface area (Å²) in [6, 6.07) is 0. The number of phosphoric ester groups is 1. The number of esters is 2. The molecule has 1 aliphatic heterocycles. The van der Waals surface area contributed by atoms with Gasteiger partial charge in [0.1, 0.15) is 12.7 Å². The van der Waals surface area contributed by atoms with E-state index in [1.165, 1.54) is 25.7 Å². The number of ether oxygens (including phenoxy) is 3. The SMILES string of the molecule is CC/C=C\C/C=C\C/C=C\CCCCCCCC(=O)O[C@H](COC(=O)CCCCCCC/C=C\CC1OC1CCCCC)COP(=O)(O)OC[C@@H](O)CO. The lowest BCUT2D eigenvalue weighted by Gasteiger charge is -2.20. The van der Waals surface area contributed by atoms with Gasteiger partial charge in [0.15, 0.2) is 6.10 Å². The van der Waals surface area contributed by atoms with Crippen molar-refractivity contribution in [2.75, 3.05) is 26.4 Å². The maximum Gasteiger partial charge on any atom is 0.472 e. The van der Waals surface area contributed by atoms with E-state index < -0.39 is 51.8 Å². The number of hydrogen-bond donors (Lipinski definition) is 3. The van der Waals surface area contributed by atoms with Crippen LogP contribution < -0.4 is 0 Å². The summed E-state index contributed by atoms with van der Waals surface area (Å²) in [5, 5.41) is 18.3. The number of epoxide rings is 1. The summed E-state index contributed by atoms with van der Waals surface area (Å²) < 4.78 is 38.4. The van der Waals surface area contributed by atoms with Gasteiger partial charge in [0.25, 0.3) is 0 Å². The largest absolute Gasteiger partial charge is 0.472 e. The average Bonchev–Trinajstić information content (AvgIpc) is 3.91. The van der Waals surface area contributed by atoms with Gasteiger partial charge in [0.2, 0.25) is 0 Å². The van der Waals surface area contributed by atoms with E-state index in [1.807, 2.05) is 0 Å². The number of aliphatic hydroxyl groups excluding tert-OH is 2. The molecule has 12 heteroatoms. The second kappa shape index (κ2) is 34.2. The Kier molecular flexibility index (Phi) is 31.6. The van der Waals surface area contributed by atoms with Gasteiger partial charge in [-0.2, -0.15) is 0 Å². The summed E-state index contributed by atoms with van der Waals surface area (Å²) >= 11 is 0. The molecule has 1 fully saturated rings. The van der Waals surface area contributed by atoms with Gasteiger partial charge in [-0.1, -0.05) is 120 Å². The quantitative estimate of drug-likeness (QED) is 0.0181. The molecule has 11 nitrogen and oxygen atoms in total. The van der Waals surface area contributed by atoms with Crippen molar-refractivity contribution in [2.45, 2.75) is 180 Å². The van der Waals surface area contributed by atoms with Crippen LogP contribution in [0.3, 0.4) is 0 Å². The predicted octanol–water partition coefficient (Wildman–Crippen LogP) is 9.54. The molecular formula is C42H73O11P. The van der Waals surface area contributed by atoms with Crippen LogP contribution in [0.4, 0.5) is 0 Å². The number of carbonyl (C=O) groups excluding carboxylic acids is 2. The van der Waals surface area contributed by atoms with Gasteiger partial charge in [-0.05, 0) is 70.6 Å². The first-order valence-electron chi connectivity index (χ1n) is 20.7. The third-order valence-corrected chi connectivity index (χ3v) is 9.84. The van der Waals surface area contributed by atoms with Crippen LogP contribution in [0, 0.1) is 0 Å². The van der Waals surface area contributed by atoms with Gasteiger partial charge in [-0.25, -0.2) is 4.57 Å². The van der Waals surface area contributed by atoms with E-state index >= 15 is 0 Å². The Morgan fingerprint density at radius 1 is 0.685 bits per heavy atom. The molecule has 0 aromatic carbocycles. The van der Waals surface area contributed by atoms with Crippen LogP contribution in [0.15, 0.2) is 48.6 Å². The van der Waals surface area contributed by atoms with Gasteiger partial charge in [0, 0.05) is 12.8 Å². The Morgan fingerprint density at radius 2 is 1.26 bits per heavy atom. The fourth-order valence-electron chi connectivity index (χ4n) is 5.60. The first kappa shape index (κ1) is 49.9. The van der Waals surface area contributed by atoms with Gasteiger partial charge < -0.3 is 29.3 Å². The molecule has 0 aliphatic carbocycles. The molecule has 1 rings (SSSR count). The van der Waals surface area contributed by atoms with Gasteiger partial charge in [-0.15, -0.1) is 0 Å². The van der Waals surface area contributed by atoms with E-state index in [2.05, 4.69) is 67.0 Å². The van der Waals surface area contributed by atoms with Gasteiger partial charge in [0.05, 0.1) is 32.0 Å². The van der Waals surface area contributed by atoms with E-state index in [0.717, 1.165) is 89.9 Å². The lowest BCUT2D eigenvalue weighted by molar-refractivity contribution is -0.161. The summed E-state index contributed by atoms with van der Waals surface area (Å²) in [6.07, 6.45) is 36.8. The molecule has 5 atom stereocenters. The Bertz CT molecular complexity index is 1110. The number of phosphoric acid groups is 1. The third-order valence-electron chi connectivity index (χ3n) is 8.89. The second-order valence-electron chi connectivity index (χ2n) is 14.0. The van der Waals surface area contributed by atoms with E-state index in [4.69, 9.17) is 23.8 Å². The lowest BCUT2D eigenvalue weighted by atomic mass is 10.1. The topological polar surface area (TPSA) is 161 Å². The van der Waals surface area contributed by atoms with Crippen molar-refractivity contribution in [1.82, 2.24) is 0 Å². The molecule has 0 aromatic heterocycles. The molecular weight excluding hydrogens is 711 g/mol. The number of allylic oxidation sites excluding steroid dienone is 7. The first-order chi connectivity index (χ1) is 26.2. The number of aliphatic hydroxyl groups is 2. The van der Waals surface area contributed by atoms with Gasteiger partial charge >= 0.3 is 19.8 Å². The third kappa shape index (κ3) is 31.1. The maximum atomic E-state index is 12.6. The molecule has 0 radical (unpaired) electrons. The number of unbranched alkanes of at least 4 members (excludes halogenated alkanes) is 12. The summed E-state index contributed by atoms with van der Waals surface area (Å²) in [5.74, 6) is -0.970. The summed E-state index contributed by atoms with van der Waals surface area (Å²) in [6.45, 7) is 2.18. The second-order valence-corrected chi connectivity index (χ2v) is 15.5. The molecule has 0 bridgehead atoms. The molecule has 3 unspecified atom stereocenters. The normalized spacial score (nSPS) is 18.2. The molecule has 1 heterocycles. The van der Waals surface area contributed by atoms with Crippen LogP contribution >= 0.6 is 7.82 Å². The molecule has 0 saturated carbocycles. The lowest BCUT2D eigenvalue weighted by Crippen LogP contribution is -2.29. The number of carbonyl (C=O) groups is 2. The standard InChI is InChI=1S/C42H73O11P/c1-3-5-7-8-9-10-11-12-13-14-15-16-21-24-28-32-42(46)52-38(36-51-54(47,48)50-34-37(44)33-43)35-49-41(45)31-27-23-20-18-17-19-22-26-30-40-39(53-40)29-25-6-4-2/h5,7,9-10,12-13,22,26,37-40,43-44H,3-4,6,8,11,14-21,23-25,27-36H2,1-2H3,(H,47,48)/b7-5-,10-9-,13-12-,26-22-/t37-,38+,39?,40?/m0/s1. The van der Waals surface area contributed by atoms with Crippen LogP contribution in [-0.4, -0.2) is 77.9 Å². The zero-order valence-corrected chi connectivity index (χ0v) is 34.3. The Hall–Kier alpha value is -2.11. The van der Waals surface area contributed by atoms with Crippen molar-refractivity contribution in [1.29, 1.82) is 0 Å². The first-order valence-corrected chi connectivity index (χ1v) is 22.2. The van der Waals surface area contributed by atoms with Crippen molar-refractivity contribution in [3.63, 3.8) is 0 Å². The highest BCUT2D eigenvalue weighted by molar-refractivity contribution is 7.47. The molecule has 0 amide bonds. The zero-order chi connectivity index (χ0) is 39.5. The highest BCUT2D eigenvalue weighted by Crippen LogP contribution is 2.43. The van der Waals surface area contributed by atoms with Crippen LogP contribution in [-0.2, 0) is 37.4 Å². The highest BCUT2D eigenvalue weighted by atomic mass is 31.2. The summed E-state index contributed by atoms with van der Waals surface area (Å²) in [4.78, 5) is 34.9. The minimum atomic E-state index is -4.63. The van der Waals surface area contributed by atoms with E-state index in [0.29, 0.717) is 25.0 Å².